The minimum Gasteiger partial charge on any atom is -0.506 e. The fourth-order valence-corrected chi connectivity index (χ4v) is 2.33. The van der Waals surface area contributed by atoms with E-state index in [1.54, 1.807) is 0 Å². The van der Waals surface area contributed by atoms with Crippen LogP contribution in [0.15, 0.2) is 23.8 Å². The molecule has 0 atom stereocenters. The normalized spacial score (nSPS) is 11.3. The van der Waals surface area contributed by atoms with E-state index in [9.17, 15) is 9.90 Å². The number of thiazole rings is 1. The maximum atomic E-state index is 11.9. The third kappa shape index (κ3) is 3.29. The van der Waals surface area contributed by atoms with Crippen LogP contribution in [0.5, 0.6) is 5.75 Å². The monoisotopic (exact) mass is 277 g/mol. The van der Waals surface area contributed by atoms with Gasteiger partial charge in [-0.1, -0.05) is 20.8 Å². The Kier molecular flexibility index (Phi) is 3.53. The third-order valence-electron chi connectivity index (χ3n) is 2.48. The van der Waals surface area contributed by atoms with Gasteiger partial charge in [0.1, 0.15) is 5.75 Å². The lowest BCUT2D eigenvalue weighted by atomic mass is 9.93. The molecule has 0 aliphatic rings. The molecule has 0 bridgehead atoms. The molecule has 2 heterocycles. The molecule has 0 unspecified atom stereocenters. The minimum atomic E-state index is -0.335. The van der Waals surface area contributed by atoms with Gasteiger partial charge in [0.15, 0.2) is 5.13 Å². The molecule has 2 aromatic heterocycles. The van der Waals surface area contributed by atoms with Gasteiger partial charge in [-0.2, -0.15) is 0 Å². The summed E-state index contributed by atoms with van der Waals surface area (Å²) < 4.78 is 0. The lowest BCUT2D eigenvalue weighted by Gasteiger charge is -2.14. The minimum absolute atomic E-state index is 0.0397. The number of nitrogens with one attached hydrogen (secondary N) is 1. The van der Waals surface area contributed by atoms with Crippen LogP contribution < -0.4 is 5.32 Å². The Morgan fingerprint density at radius 2 is 2.11 bits per heavy atom. The van der Waals surface area contributed by atoms with Gasteiger partial charge in [0.25, 0.3) is 5.91 Å². The first-order chi connectivity index (χ1) is 8.86. The van der Waals surface area contributed by atoms with Gasteiger partial charge >= 0.3 is 0 Å². The molecule has 2 rings (SSSR count). The van der Waals surface area contributed by atoms with Crippen molar-refractivity contribution in [2.45, 2.75) is 26.2 Å². The Balaban J connectivity index is 2.13. The smallest absolute Gasteiger partial charge is 0.259 e. The molecule has 2 N–H and O–H groups in total. The van der Waals surface area contributed by atoms with E-state index in [1.807, 2.05) is 5.38 Å². The van der Waals surface area contributed by atoms with Gasteiger partial charge in [-0.05, 0) is 6.07 Å². The zero-order valence-corrected chi connectivity index (χ0v) is 11.8. The average Bonchev–Trinajstić information content (AvgIpc) is 2.77. The number of carbonyl (C=O) groups excluding carboxylic acids is 1. The first-order valence-electron chi connectivity index (χ1n) is 5.77. The summed E-state index contributed by atoms with van der Waals surface area (Å²) in [4.78, 5) is 20.1. The fourth-order valence-electron chi connectivity index (χ4n) is 1.40. The van der Waals surface area contributed by atoms with E-state index in [-0.39, 0.29) is 17.1 Å². The van der Waals surface area contributed by atoms with Crippen LogP contribution in [-0.4, -0.2) is 21.0 Å². The number of hydrogen-bond acceptors (Lipinski definition) is 5. The van der Waals surface area contributed by atoms with Crippen molar-refractivity contribution in [3.8, 4) is 5.75 Å². The second-order valence-corrected chi connectivity index (χ2v) is 6.03. The maximum Gasteiger partial charge on any atom is 0.259 e. The SMILES string of the molecule is CC(C)(C)c1csc(NC(=O)c2cncc(O)c2)n1. The predicted octanol–water partition coefficient (Wildman–Crippen LogP) is 2.79. The van der Waals surface area contributed by atoms with Gasteiger partial charge in [0, 0.05) is 17.0 Å². The summed E-state index contributed by atoms with van der Waals surface area (Å²) in [6, 6.07) is 1.36. The Labute approximate surface area is 115 Å². The van der Waals surface area contributed by atoms with Crippen molar-refractivity contribution in [3.63, 3.8) is 0 Å². The van der Waals surface area contributed by atoms with Crippen LogP contribution in [-0.2, 0) is 5.41 Å². The highest BCUT2D eigenvalue weighted by molar-refractivity contribution is 7.14. The zero-order valence-electron chi connectivity index (χ0n) is 11.0. The van der Waals surface area contributed by atoms with Crippen molar-refractivity contribution in [2.24, 2.45) is 0 Å². The van der Waals surface area contributed by atoms with Gasteiger partial charge in [0.05, 0.1) is 17.5 Å². The van der Waals surface area contributed by atoms with Crippen molar-refractivity contribution < 1.29 is 9.90 Å². The summed E-state index contributed by atoms with van der Waals surface area (Å²) >= 11 is 1.38. The van der Waals surface area contributed by atoms with E-state index < -0.39 is 0 Å². The summed E-state index contributed by atoms with van der Waals surface area (Å²) in [5.41, 5.74) is 1.18. The number of carbonyl (C=O) groups is 1. The molecule has 0 fully saturated rings. The Morgan fingerprint density at radius 3 is 2.68 bits per heavy atom. The number of hydrogen-bond donors (Lipinski definition) is 2. The van der Waals surface area contributed by atoms with Crippen molar-refractivity contribution in [2.75, 3.05) is 5.32 Å². The van der Waals surface area contributed by atoms with Crippen molar-refractivity contribution in [1.82, 2.24) is 9.97 Å². The lowest BCUT2D eigenvalue weighted by Crippen LogP contribution is -2.14. The van der Waals surface area contributed by atoms with Gasteiger partial charge in [-0.3, -0.25) is 15.1 Å². The standard InChI is InChI=1S/C13H15N3O2S/c1-13(2,3)10-7-19-12(15-10)16-11(18)8-4-9(17)6-14-5-8/h4-7,17H,1-3H3,(H,15,16,18). The van der Waals surface area contributed by atoms with Crippen LogP contribution >= 0.6 is 11.3 Å². The van der Waals surface area contributed by atoms with E-state index in [0.29, 0.717) is 10.7 Å². The van der Waals surface area contributed by atoms with Crippen LogP contribution in [0, 0.1) is 0 Å². The summed E-state index contributed by atoms with van der Waals surface area (Å²) in [7, 11) is 0. The quantitative estimate of drug-likeness (QED) is 0.885. The number of rotatable bonds is 2. The van der Waals surface area contributed by atoms with Crippen LogP contribution in [0.4, 0.5) is 5.13 Å². The molecule has 0 saturated heterocycles. The first-order valence-corrected chi connectivity index (χ1v) is 6.65. The highest BCUT2D eigenvalue weighted by Gasteiger charge is 2.18. The molecular formula is C13H15N3O2S. The first kappa shape index (κ1) is 13.5. The molecule has 0 aliphatic heterocycles. The van der Waals surface area contributed by atoms with Crippen molar-refractivity contribution in [3.05, 3.63) is 35.1 Å². The van der Waals surface area contributed by atoms with Gasteiger partial charge in [-0.15, -0.1) is 11.3 Å². The van der Waals surface area contributed by atoms with Crippen molar-refractivity contribution in [1.29, 1.82) is 0 Å². The maximum absolute atomic E-state index is 11.9. The molecule has 0 radical (unpaired) electrons. The Bertz CT molecular complexity index is 602. The molecule has 19 heavy (non-hydrogen) atoms. The largest absolute Gasteiger partial charge is 0.506 e. The average molecular weight is 277 g/mol. The van der Waals surface area contributed by atoms with E-state index in [2.05, 4.69) is 36.1 Å². The lowest BCUT2D eigenvalue weighted by molar-refractivity contribution is 0.102. The second-order valence-electron chi connectivity index (χ2n) is 5.17. The molecule has 5 nitrogen and oxygen atoms in total. The van der Waals surface area contributed by atoms with E-state index in [1.165, 1.54) is 29.8 Å². The van der Waals surface area contributed by atoms with Gasteiger partial charge < -0.3 is 5.11 Å². The molecule has 0 aromatic carbocycles. The number of aromatic nitrogens is 2. The Hall–Kier alpha value is -1.95. The molecule has 6 heteroatoms. The zero-order chi connectivity index (χ0) is 14.0. The topological polar surface area (TPSA) is 75.1 Å². The Morgan fingerprint density at radius 1 is 1.37 bits per heavy atom. The fraction of sp³-hybridized carbons (Fsp3) is 0.308. The van der Waals surface area contributed by atoms with E-state index in [0.717, 1.165) is 5.69 Å². The number of nitrogens with zero attached hydrogens (tertiary/aromatic N) is 2. The molecular weight excluding hydrogens is 262 g/mol. The summed E-state index contributed by atoms with van der Waals surface area (Å²) in [6.45, 7) is 6.19. The van der Waals surface area contributed by atoms with Crippen molar-refractivity contribution >= 4 is 22.4 Å². The van der Waals surface area contributed by atoms with Gasteiger partial charge in [-0.25, -0.2) is 4.98 Å². The van der Waals surface area contributed by atoms with E-state index >= 15 is 0 Å². The van der Waals surface area contributed by atoms with Gasteiger partial charge in [0.2, 0.25) is 0 Å². The highest BCUT2D eigenvalue weighted by Crippen LogP contribution is 2.26. The number of anilines is 1. The number of amides is 1. The molecule has 0 saturated carbocycles. The number of aromatic hydroxyl groups is 1. The van der Waals surface area contributed by atoms with Crippen LogP contribution in [0.2, 0.25) is 0 Å². The van der Waals surface area contributed by atoms with E-state index in [4.69, 9.17) is 0 Å². The van der Waals surface area contributed by atoms with Crippen LogP contribution in [0.25, 0.3) is 0 Å². The summed E-state index contributed by atoms with van der Waals surface area (Å²) in [5, 5.41) is 14.4. The highest BCUT2D eigenvalue weighted by atomic mass is 32.1. The third-order valence-corrected chi connectivity index (χ3v) is 3.24. The molecule has 0 spiro atoms. The summed E-state index contributed by atoms with van der Waals surface area (Å²) in [5.74, 6) is -0.375. The molecule has 2 aromatic rings. The second kappa shape index (κ2) is 4.97. The van der Waals surface area contributed by atoms with Crippen LogP contribution in [0.1, 0.15) is 36.8 Å². The van der Waals surface area contributed by atoms with Crippen LogP contribution in [0.3, 0.4) is 0 Å². The predicted molar refractivity (Wildman–Crippen MR) is 74.7 cm³/mol. The molecule has 0 aliphatic carbocycles. The number of pyridine rings is 1. The molecule has 100 valence electrons. The molecule has 1 amide bonds. The summed E-state index contributed by atoms with van der Waals surface area (Å²) in [6.07, 6.45) is 2.67.